The summed E-state index contributed by atoms with van der Waals surface area (Å²) in [4.78, 5) is 4.11. The van der Waals surface area contributed by atoms with E-state index in [1.54, 1.807) is 6.20 Å². The van der Waals surface area contributed by atoms with Gasteiger partial charge in [-0.25, -0.2) is 0 Å². The van der Waals surface area contributed by atoms with Gasteiger partial charge >= 0.3 is 0 Å². The van der Waals surface area contributed by atoms with E-state index in [1.165, 1.54) is 0 Å². The minimum Gasteiger partial charge on any atom is -0.382 e. The Morgan fingerprint density at radius 3 is 2.20 bits per heavy atom. The van der Waals surface area contributed by atoms with Gasteiger partial charge in [-0.2, -0.15) is 0 Å². The van der Waals surface area contributed by atoms with Crippen molar-refractivity contribution in [3.05, 3.63) is 66.0 Å². The van der Waals surface area contributed by atoms with Crippen molar-refractivity contribution in [1.82, 2.24) is 4.98 Å². The Labute approximate surface area is 95.0 Å². The van der Waals surface area contributed by atoms with Crippen molar-refractivity contribution in [2.75, 3.05) is 0 Å². The van der Waals surface area contributed by atoms with E-state index in [9.17, 15) is 5.11 Å². The highest BCUT2D eigenvalue weighted by Gasteiger charge is 2.09. The van der Waals surface area contributed by atoms with E-state index in [0.717, 1.165) is 5.56 Å². The highest BCUT2D eigenvalue weighted by atomic mass is 35.5. The minimum atomic E-state index is -0.627. The van der Waals surface area contributed by atoms with Crippen molar-refractivity contribution >= 4 is 12.4 Å². The maximum absolute atomic E-state index is 9.93. The van der Waals surface area contributed by atoms with Crippen LogP contribution in [0.1, 0.15) is 17.4 Å². The summed E-state index contributed by atoms with van der Waals surface area (Å²) < 4.78 is 0. The number of aliphatic hydroxyl groups excluding tert-OH is 1. The van der Waals surface area contributed by atoms with Gasteiger partial charge in [-0.3, -0.25) is 4.98 Å². The molecule has 0 spiro atoms. The van der Waals surface area contributed by atoms with Gasteiger partial charge in [0, 0.05) is 6.20 Å². The van der Waals surface area contributed by atoms with E-state index in [1.807, 2.05) is 48.5 Å². The summed E-state index contributed by atoms with van der Waals surface area (Å²) in [5.41, 5.74) is 1.55. The van der Waals surface area contributed by atoms with Crippen LogP contribution >= 0.6 is 12.4 Å². The summed E-state index contributed by atoms with van der Waals surface area (Å²) in [6.45, 7) is 0. The molecule has 1 N–H and O–H groups in total. The minimum absolute atomic E-state index is 0. The Morgan fingerprint density at radius 2 is 1.60 bits per heavy atom. The van der Waals surface area contributed by atoms with Gasteiger partial charge in [0.1, 0.15) is 6.10 Å². The molecule has 0 unspecified atom stereocenters. The molecule has 78 valence electrons. The summed E-state index contributed by atoms with van der Waals surface area (Å²) >= 11 is 0. The zero-order valence-electron chi connectivity index (χ0n) is 8.08. The van der Waals surface area contributed by atoms with E-state index < -0.39 is 6.10 Å². The Balaban J connectivity index is 0.00000112. The van der Waals surface area contributed by atoms with Crippen LogP contribution in [0.3, 0.4) is 0 Å². The number of nitrogens with zero attached hydrogens (tertiary/aromatic N) is 1. The first-order valence-electron chi connectivity index (χ1n) is 4.52. The predicted octanol–water partition coefficient (Wildman–Crippen LogP) is 2.59. The third-order valence-electron chi connectivity index (χ3n) is 2.08. The second kappa shape index (κ2) is 5.49. The second-order valence-corrected chi connectivity index (χ2v) is 3.07. The van der Waals surface area contributed by atoms with Gasteiger partial charge in [0.25, 0.3) is 0 Å². The summed E-state index contributed by atoms with van der Waals surface area (Å²) in [6, 6.07) is 15.0. The first kappa shape index (κ1) is 11.7. The Bertz CT molecular complexity index is 351. The van der Waals surface area contributed by atoms with E-state index >= 15 is 0 Å². The molecule has 2 nitrogen and oxygen atoms in total. The maximum Gasteiger partial charge on any atom is 0.121 e. The third-order valence-corrected chi connectivity index (χ3v) is 2.08. The van der Waals surface area contributed by atoms with E-state index in [0.29, 0.717) is 5.69 Å². The summed E-state index contributed by atoms with van der Waals surface area (Å²) in [5.74, 6) is 0. The first-order chi connectivity index (χ1) is 6.88. The lowest BCUT2D eigenvalue weighted by molar-refractivity contribution is 0.215. The Hall–Kier alpha value is -1.38. The van der Waals surface area contributed by atoms with E-state index in [4.69, 9.17) is 0 Å². The van der Waals surface area contributed by atoms with E-state index in [2.05, 4.69) is 4.98 Å². The van der Waals surface area contributed by atoms with Gasteiger partial charge < -0.3 is 5.11 Å². The number of rotatable bonds is 2. The number of halogens is 1. The predicted molar refractivity (Wildman–Crippen MR) is 62.0 cm³/mol. The molecule has 15 heavy (non-hydrogen) atoms. The molecule has 0 amide bonds. The van der Waals surface area contributed by atoms with Crippen LogP contribution in [0.5, 0.6) is 0 Å². The summed E-state index contributed by atoms with van der Waals surface area (Å²) in [7, 11) is 0. The average Bonchev–Trinajstić information content (AvgIpc) is 2.30. The normalized spacial score (nSPS) is 11.5. The number of benzene rings is 1. The van der Waals surface area contributed by atoms with Gasteiger partial charge in [0.15, 0.2) is 0 Å². The highest BCUT2D eigenvalue weighted by molar-refractivity contribution is 5.85. The molecule has 0 fully saturated rings. The van der Waals surface area contributed by atoms with Gasteiger partial charge in [-0.15, -0.1) is 12.4 Å². The van der Waals surface area contributed by atoms with E-state index in [-0.39, 0.29) is 12.4 Å². The van der Waals surface area contributed by atoms with Gasteiger partial charge in [-0.05, 0) is 17.7 Å². The molecule has 0 saturated carbocycles. The lowest BCUT2D eigenvalue weighted by Gasteiger charge is -2.09. The first-order valence-corrected chi connectivity index (χ1v) is 4.52. The van der Waals surface area contributed by atoms with Crippen LogP contribution in [0.4, 0.5) is 0 Å². The molecule has 1 atom stereocenters. The molecule has 0 aliphatic rings. The summed E-state index contributed by atoms with van der Waals surface area (Å²) in [5, 5.41) is 9.93. The van der Waals surface area contributed by atoms with Crippen molar-refractivity contribution in [3.63, 3.8) is 0 Å². The molecule has 1 aromatic heterocycles. The SMILES string of the molecule is Cl.O[C@H](c1ccccc1)c1ccccn1. The van der Waals surface area contributed by atoms with Gasteiger partial charge in [0.05, 0.1) is 5.69 Å². The lowest BCUT2D eigenvalue weighted by Crippen LogP contribution is -2.01. The molecule has 3 heteroatoms. The standard InChI is InChI=1S/C12H11NO.ClH/c14-12(10-6-2-1-3-7-10)11-8-4-5-9-13-11;/h1-9,12,14H;1H/t12-;/m1./s1. The van der Waals surface area contributed by atoms with Crippen LogP contribution in [0.25, 0.3) is 0 Å². The second-order valence-electron chi connectivity index (χ2n) is 3.07. The smallest absolute Gasteiger partial charge is 0.121 e. The van der Waals surface area contributed by atoms with Crippen LogP contribution in [0, 0.1) is 0 Å². The fourth-order valence-corrected chi connectivity index (χ4v) is 1.34. The fraction of sp³-hybridized carbons (Fsp3) is 0.0833. The quantitative estimate of drug-likeness (QED) is 0.846. The van der Waals surface area contributed by atoms with Gasteiger partial charge in [0.2, 0.25) is 0 Å². The highest BCUT2D eigenvalue weighted by Crippen LogP contribution is 2.18. The van der Waals surface area contributed by atoms with Crippen molar-refractivity contribution < 1.29 is 5.11 Å². The fourth-order valence-electron chi connectivity index (χ4n) is 1.34. The molecule has 0 saturated heterocycles. The van der Waals surface area contributed by atoms with Gasteiger partial charge in [-0.1, -0.05) is 36.4 Å². The molecule has 1 aromatic carbocycles. The number of aliphatic hydroxyl groups is 1. The molecule has 2 aromatic rings. The van der Waals surface area contributed by atoms with Crippen LogP contribution < -0.4 is 0 Å². The number of aromatic nitrogens is 1. The van der Waals surface area contributed by atoms with Crippen molar-refractivity contribution in [1.29, 1.82) is 0 Å². The largest absolute Gasteiger partial charge is 0.382 e. The van der Waals surface area contributed by atoms with Crippen molar-refractivity contribution in [2.24, 2.45) is 0 Å². The molecule has 0 aliphatic carbocycles. The molecule has 2 rings (SSSR count). The molecule has 0 radical (unpaired) electrons. The topological polar surface area (TPSA) is 33.1 Å². The van der Waals surface area contributed by atoms with Crippen LogP contribution in [-0.4, -0.2) is 10.1 Å². The van der Waals surface area contributed by atoms with Crippen LogP contribution in [-0.2, 0) is 0 Å². The van der Waals surface area contributed by atoms with Crippen molar-refractivity contribution in [3.8, 4) is 0 Å². The number of pyridine rings is 1. The lowest BCUT2D eigenvalue weighted by atomic mass is 10.1. The molecule has 0 aliphatic heterocycles. The monoisotopic (exact) mass is 221 g/mol. The number of hydrogen-bond donors (Lipinski definition) is 1. The molecule has 0 bridgehead atoms. The molecule has 1 heterocycles. The van der Waals surface area contributed by atoms with Crippen LogP contribution in [0.2, 0.25) is 0 Å². The van der Waals surface area contributed by atoms with Crippen LogP contribution in [0.15, 0.2) is 54.7 Å². The third kappa shape index (κ3) is 2.78. The Morgan fingerprint density at radius 1 is 0.933 bits per heavy atom. The maximum atomic E-state index is 9.93. The molecular weight excluding hydrogens is 210 g/mol. The molecular formula is C12H12ClNO. The number of hydrogen-bond acceptors (Lipinski definition) is 2. The Kier molecular flexibility index (Phi) is 4.28. The zero-order chi connectivity index (χ0) is 9.80. The van der Waals surface area contributed by atoms with Crippen molar-refractivity contribution in [2.45, 2.75) is 6.10 Å². The zero-order valence-corrected chi connectivity index (χ0v) is 8.89. The average molecular weight is 222 g/mol. The summed E-state index contributed by atoms with van der Waals surface area (Å²) in [6.07, 6.45) is 1.05.